The van der Waals surface area contributed by atoms with E-state index in [1.165, 1.54) is 0 Å². The summed E-state index contributed by atoms with van der Waals surface area (Å²) in [5.74, 6) is -0.119. The summed E-state index contributed by atoms with van der Waals surface area (Å²) >= 11 is 5.94. The Bertz CT molecular complexity index is 507. The van der Waals surface area contributed by atoms with Crippen molar-refractivity contribution in [3.8, 4) is 0 Å². The highest BCUT2D eigenvalue weighted by molar-refractivity contribution is 6.30. The van der Waals surface area contributed by atoms with E-state index in [-0.39, 0.29) is 11.9 Å². The van der Waals surface area contributed by atoms with Gasteiger partial charge in [0.2, 0.25) is 5.91 Å². The van der Waals surface area contributed by atoms with Crippen molar-refractivity contribution < 1.29 is 9.59 Å². The molecular formula is C14H18ClN3O2. The molecule has 1 aromatic rings. The number of benzene rings is 1. The van der Waals surface area contributed by atoms with E-state index in [1.807, 2.05) is 13.0 Å². The Morgan fingerprint density at radius 1 is 1.55 bits per heavy atom. The topological polar surface area (TPSA) is 61.4 Å². The lowest BCUT2D eigenvalue weighted by Gasteiger charge is -2.27. The maximum absolute atomic E-state index is 12.3. The molecular weight excluding hydrogens is 278 g/mol. The maximum Gasteiger partial charge on any atom is 0.322 e. The number of urea groups is 1. The molecule has 0 spiro atoms. The molecule has 0 aromatic heterocycles. The highest BCUT2D eigenvalue weighted by Gasteiger charge is 2.25. The minimum absolute atomic E-state index is 0.119. The van der Waals surface area contributed by atoms with E-state index in [0.29, 0.717) is 30.2 Å². The first-order chi connectivity index (χ1) is 9.61. The SMILES string of the molecule is CCN(C(=O)N[C@H]1CCCNC1=O)c1cccc(Cl)c1. The van der Waals surface area contributed by atoms with Crippen molar-refractivity contribution in [1.29, 1.82) is 0 Å². The Hall–Kier alpha value is -1.75. The van der Waals surface area contributed by atoms with Gasteiger partial charge in [0.25, 0.3) is 0 Å². The molecule has 0 saturated carbocycles. The highest BCUT2D eigenvalue weighted by Crippen LogP contribution is 2.19. The van der Waals surface area contributed by atoms with Gasteiger partial charge in [0.15, 0.2) is 0 Å². The largest absolute Gasteiger partial charge is 0.354 e. The van der Waals surface area contributed by atoms with Crippen molar-refractivity contribution in [2.45, 2.75) is 25.8 Å². The average Bonchev–Trinajstić information content (AvgIpc) is 2.42. The number of nitrogens with zero attached hydrogens (tertiary/aromatic N) is 1. The molecule has 0 bridgehead atoms. The van der Waals surface area contributed by atoms with Crippen LogP contribution < -0.4 is 15.5 Å². The van der Waals surface area contributed by atoms with Crippen LogP contribution in [0.5, 0.6) is 0 Å². The first kappa shape index (κ1) is 14.7. The van der Waals surface area contributed by atoms with Crippen molar-refractivity contribution in [2.75, 3.05) is 18.0 Å². The molecule has 0 aliphatic carbocycles. The van der Waals surface area contributed by atoms with Crippen LogP contribution in [0.1, 0.15) is 19.8 Å². The van der Waals surface area contributed by atoms with Gasteiger partial charge in [-0.05, 0) is 38.0 Å². The van der Waals surface area contributed by atoms with Crippen LogP contribution >= 0.6 is 11.6 Å². The number of carbonyl (C=O) groups excluding carboxylic acids is 2. The predicted molar refractivity (Wildman–Crippen MR) is 79.0 cm³/mol. The number of carbonyl (C=O) groups is 2. The Balaban J connectivity index is 2.07. The van der Waals surface area contributed by atoms with Gasteiger partial charge < -0.3 is 10.6 Å². The summed E-state index contributed by atoms with van der Waals surface area (Å²) in [5.41, 5.74) is 0.716. The monoisotopic (exact) mass is 295 g/mol. The van der Waals surface area contributed by atoms with Crippen LogP contribution in [0.3, 0.4) is 0 Å². The van der Waals surface area contributed by atoms with Crippen molar-refractivity contribution in [3.05, 3.63) is 29.3 Å². The molecule has 1 aliphatic heterocycles. The molecule has 1 atom stereocenters. The first-order valence-electron chi connectivity index (χ1n) is 6.73. The normalized spacial score (nSPS) is 18.3. The van der Waals surface area contributed by atoms with Crippen LogP contribution in [-0.2, 0) is 4.79 Å². The van der Waals surface area contributed by atoms with Gasteiger partial charge in [-0.1, -0.05) is 17.7 Å². The summed E-state index contributed by atoms with van der Waals surface area (Å²) in [6, 6.07) is 6.36. The van der Waals surface area contributed by atoms with Gasteiger partial charge in [0.05, 0.1) is 0 Å². The predicted octanol–water partition coefficient (Wildman–Crippen LogP) is 2.15. The Morgan fingerprint density at radius 2 is 2.35 bits per heavy atom. The molecule has 1 heterocycles. The molecule has 6 heteroatoms. The minimum atomic E-state index is -0.454. The summed E-state index contributed by atoms with van der Waals surface area (Å²) in [6.07, 6.45) is 1.55. The number of piperidine rings is 1. The van der Waals surface area contributed by atoms with E-state index >= 15 is 0 Å². The molecule has 108 valence electrons. The molecule has 5 nitrogen and oxygen atoms in total. The lowest BCUT2D eigenvalue weighted by atomic mass is 10.1. The van der Waals surface area contributed by atoms with Crippen molar-refractivity contribution in [2.24, 2.45) is 0 Å². The lowest BCUT2D eigenvalue weighted by Crippen LogP contribution is -2.53. The molecule has 20 heavy (non-hydrogen) atoms. The second kappa shape index (κ2) is 6.61. The van der Waals surface area contributed by atoms with Gasteiger partial charge >= 0.3 is 6.03 Å². The fourth-order valence-electron chi connectivity index (χ4n) is 2.22. The molecule has 1 saturated heterocycles. The molecule has 2 rings (SSSR count). The van der Waals surface area contributed by atoms with E-state index in [2.05, 4.69) is 10.6 Å². The van der Waals surface area contributed by atoms with Crippen LogP contribution in [0, 0.1) is 0 Å². The summed E-state index contributed by atoms with van der Waals surface area (Å²) < 4.78 is 0. The summed E-state index contributed by atoms with van der Waals surface area (Å²) in [7, 11) is 0. The standard InChI is InChI=1S/C14H18ClN3O2/c1-2-18(11-6-3-5-10(15)9-11)14(20)17-12-7-4-8-16-13(12)19/h3,5-6,9,12H,2,4,7-8H2,1H3,(H,16,19)(H,17,20)/t12-/m0/s1. The third kappa shape index (κ3) is 3.42. The smallest absolute Gasteiger partial charge is 0.322 e. The van der Waals surface area contributed by atoms with Crippen LogP contribution in [-0.4, -0.2) is 31.1 Å². The highest BCUT2D eigenvalue weighted by atomic mass is 35.5. The van der Waals surface area contributed by atoms with Crippen molar-refractivity contribution in [3.63, 3.8) is 0 Å². The number of amides is 3. The Morgan fingerprint density at radius 3 is 3.00 bits per heavy atom. The maximum atomic E-state index is 12.3. The quantitative estimate of drug-likeness (QED) is 0.897. The van der Waals surface area contributed by atoms with Crippen molar-refractivity contribution in [1.82, 2.24) is 10.6 Å². The summed E-state index contributed by atoms with van der Waals surface area (Å²) in [6.45, 7) is 3.05. The van der Waals surface area contributed by atoms with E-state index in [1.54, 1.807) is 23.1 Å². The fraction of sp³-hybridized carbons (Fsp3) is 0.429. The third-order valence-electron chi connectivity index (χ3n) is 3.26. The number of hydrogen-bond acceptors (Lipinski definition) is 2. The fourth-order valence-corrected chi connectivity index (χ4v) is 2.41. The first-order valence-corrected chi connectivity index (χ1v) is 7.11. The zero-order chi connectivity index (χ0) is 14.5. The van der Waals surface area contributed by atoms with Gasteiger partial charge in [-0.15, -0.1) is 0 Å². The van der Waals surface area contributed by atoms with E-state index < -0.39 is 6.04 Å². The van der Waals surface area contributed by atoms with Crippen LogP contribution in [0.2, 0.25) is 5.02 Å². The van der Waals surface area contributed by atoms with Gasteiger partial charge in [-0.3, -0.25) is 9.69 Å². The summed E-state index contributed by atoms with van der Waals surface area (Å²) in [4.78, 5) is 25.5. The minimum Gasteiger partial charge on any atom is -0.354 e. The number of rotatable bonds is 3. The molecule has 2 N–H and O–H groups in total. The summed E-state index contributed by atoms with van der Waals surface area (Å²) in [5, 5.41) is 6.09. The van der Waals surface area contributed by atoms with E-state index in [9.17, 15) is 9.59 Å². The zero-order valence-electron chi connectivity index (χ0n) is 11.4. The second-order valence-electron chi connectivity index (χ2n) is 4.66. The van der Waals surface area contributed by atoms with Crippen LogP contribution in [0.15, 0.2) is 24.3 Å². The second-order valence-corrected chi connectivity index (χ2v) is 5.10. The molecule has 0 unspecified atom stereocenters. The van der Waals surface area contributed by atoms with Crippen molar-refractivity contribution >= 4 is 29.2 Å². The lowest BCUT2D eigenvalue weighted by molar-refractivity contribution is -0.124. The van der Waals surface area contributed by atoms with Gasteiger partial charge in [0.1, 0.15) is 6.04 Å². The Kier molecular flexibility index (Phi) is 4.84. The average molecular weight is 296 g/mol. The number of hydrogen-bond donors (Lipinski definition) is 2. The van der Waals surface area contributed by atoms with Gasteiger partial charge in [0, 0.05) is 23.8 Å². The number of nitrogens with one attached hydrogen (secondary N) is 2. The van der Waals surface area contributed by atoms with Crippen LogP contribution in [0.4, 0.5) is 10.5 Å². The third-order valence-corrected chi connectivity index (χ3v) is 3.50. The van der Waals surface area contributed by atoms with Gasteiger partial charge in [-0.2, -0.15) is 0 Å². The van der Waals surface area contributed by atoms with Crippen LogP contribution in [0.25, 0.3) is 0 Å². The number of halogens is 1. The Labute approximate surface area is 123 Å². The van der Waals surface area contributed by atoms with E-state index in [0.717, 1.165) is 6.42 Å². The molecule has 1 aromatic carbocycles. The molecule has 1 aliphatic rings. The number of anilines is 1. The van der Waals surface area contributed by atoms with E-state index in [4.69, 9.17) is 11.6 Å². The zero-order valence-corrected chi connectivity index (χ0v) is 12.1. The molecule has 3 amide bonds. The van der Waals surface area contributed by atoms with Gasteiger partial charge in [-0.25, -0.2) is 4.79 Å². The molecule has 0 radical (unpaired) electrons. The molecule has 1 fully saturated rings.